The smallest absolute Gasteiger partial charge is 0.248 e. The predicted molar refractivity (Wildman–Crippen MR) is 72.9 cm³/mol. The molecule has 3 rings (SSSR count). The molecular weight excluding hydrogens is 280 g/mol. The SMILES string of the molecule is CC1=C(C(N)=O)[C@H](c2ccccc2Cl)n2nnnc2N1. The number of tetrazole rings is 1. The minimum atomic E-state index is -0.541. The number of nitrogens with two attached hydrogens (primary N) is 1. The summed E-state index contributed by atoms with van der Waals surface area (Å²) in [6.07, 6.45) is 0. The number of rotatable bonds is 2. The first kappa shape index (κ1) is 12.6. The van der Waals surface area contributed by atoms with Crippen LogP contribution in [0.5, 0.6) is 0 Å². The summed E-state index contributed by atoms with van der Waals surface area (Å²) in [5.74, 6) is -0.0986. The third kappa shape index (κ3) is 1.83. The van der Waals surface area contributed by atoms with E-state index in [1.165, 1.54) is 4.68 Å². The third-order valence-corrected chi connectivity index (χ3v) is 3.52. The average molecular weight is 291 g/mol. The van der Waals surface area contributed by atoms with Gasteiger partial charge >= 0.3 is 0 Å². The minimum absolute atomic E-state index is 0.387. The van der Waals surface area contributed by atoms with Crippen molar-refractivity contribution in [3.05, 3.63) is 46.1 Å². The molecule has 0 aliphatic carbocycles. The van der Waals surface area contributed by atoms with Crippen molar-refractivity contribution in [2.24, 2.45) is 5.73 Å². The molecule has 0 unspecified atom stereocenters. The van der Waals surface area contributed by atoms with Crippen molar-refractivity contribution >= 4 is 23.5 Å². The number of aromatic nitrogens is 4. The Labute approximate surface area is 119 Å². The van der Waals surface area contributed by atoms with Gasteiger partial charge in [-0.25, -0.2) is 0 Å². The quantitative estimate of drug-likeness (QED) is 0.863. The van der Waals surface area contributed by atoms with E-state index in [0.717, 1.165) is 5.56 Å². The lowest BCUT2D eigenvalue weighted by Crippen LogP contribution is -2.32. The van der Waals surface area contributed by atoms with Gasteiger partial charge in [-0.3, -0.25) is 4.79 Å². The summed E-state index contributed by atoms with van der Waals surface area (Å²) >= 11 is 6.23. The Morgan fingerprint density at radius 2 is 2.20 bits per heavy atom. The molecule has 0 saturated carbocycles. The normalized spacial score (nSPS) is 17.6. The van der Waals surface area contributed by atoms with Crippen LogP contribution in [0.3, 0.4) is 0 Å². The highest BCUT2D eigenvalue weighted by molar-refractivity contribution is 6.31. The second-order valence-electron chi connectivity index (χ2n) is 4.40. The number of hydrogen-bond donors (Lipinski definition) is 2. The number of anilines is 1. The molecule has 2 aromatic rings. The van der Waals surface area contributed by atoms with Gasteiger partial charge in [0, 0.05) is 16.3 Å². The van der Waals surface area contributed by atoms with E-state index in [4.69, 9.17) is 17.3 Å². The molecule has 20 heavy (non-hydrogen) atoms. The Morgan fingerprint density at radius 1 is 1.45 bits per heavy atom. The Morgan fingerprint density at radius 3 is 2.90 bits per heavy atom. The topological polar surface area (TPSA) is 98.7 Å². The van der Waals surface area contributed by atoms with Gasteiger partial charge < -0.3 is 11.1 Å². The average Bonchev–Trinajstić information content (AvgIpc) is 2.85. The first-order valence-electron chi connectivity index (χ1n) is 5.89. The Balaban J connectivity index is 2.25. The zero-order valence-electron chi connectivity index (χ0n) is 10.5. The zero-order valence-corrected chi connectivity index (χ0v) is 11.3. The number of hydrogen-bond acceptors (Lipinski definition) is 5. The van der Waals surface area contributed by atoms with Gasteiger partial charge in [-0.05, 0) is 23.4 Å². The second-order valence-corrected chi connectivity index (χ2v) is 4.81. The van der Waals surface area contributed by atoms with Gasteiger partial charge in [-0.2, -0.15) is 4.68 Å². The summed E-state index contributed by atoms with van der Waals surface area (Å²) in [6, 6.07) is 6.68. The lowest BCUT2D eigenvalue weighted by atomic mass is 9.95. The van der Waals surface area contributed by atoms with Crippen molar-refractivity contribution in [3.63, 3.8) is 0 Å². The van der Waals surface area contributed by atoms with Gasteiger partial charge in [0.15, 0.2) is 0 Å². The first-order chi connectivity index (χ1) is 9.59. The zero-order chi connectivity index (χ0) is 14.3. The van der Waals surface area contributed by atoms with Gasteiger partial charge in [0.2, 0.25) is 11.9 Å². The monoisotopic (exact) mass is 290 g/mol. The number of carbonyl (C=O) groups excluding carboxylic acids is 1. The van der Waals surface area contributed by atoms with Crippen LogP contribution < -0.4 is 11.1 Å². The molecule has 1 aliphatic rings. The van der Waals surface area contributed by atoms with Crippen molar-refractivity contribution in [3.8, 4) is 0 Å². The van der Waals surface area contributed by atoms with E-state index in [2.05, 4.69) is 20.8 Å². The molecule has 1 aromatic carbocycles. The van der Waals surface area contributed by atoms with Crippen LogP contribution in [0.15, 0.2) is 35.5 Å². The molecule has 1 atom stereocenters. The standard InChI is InChI=1S/C12H11ClN6O/c1-6-9(11(14)20)10(7-4-2-3-5-8(7)13)19-12(15-6)16-17-18-19/h2-5,10H,1H3,(H2,14,20)(H,15,16,18)/t10-/m0/s1. The van der Waals surface area contributed by atoms with E-state index < -0.39 is 11.9 Å². The summed E-state index contributed by atoms with van der Waals surface area (Å²) in [4.78, 5) is 11.8. The second kappa shape index (κ2) is 4.61. The van der Waals surface area contributed by atoms with Crippen LogP contribution in [0.2, 0.25) is 5.02 Å². The molecule has 0 radical (unpaired) electrons. The summed E-state index contributed by atoms with van der Waals surface area (Å²) in [5.41, 5.74) is 7.22. The van der Waals surface area contributed by atoms with E-state index in [1.807, 2.05) is 18.2 Å². The van der Waals surface area contributed by atoms with Crippen LogP contribution in [0.4, 0.5) is 5.95 Å². The largest absolute Gasteiger partial charge is 0.366 e. The summed E-state index contributed by atoms with van der Waals surface area (Å²) in [6.45, 7) is 1.75. The van der Waals surface area contributed by atoms with Gasteiger partial charge in [0.1, 0.15) is 6.04 Å². The highest BCUT2D eigenvalue weighted by Crippen LogP contribution is 2.36. The molecular formula is C12H11ClN6O. The van der Waals surface area contributed by atoms with E-state index in [1.54, 1.807) is 13.0 Å². The number of amides is 1. The third-order valence-electron chi connectivity index (χ3n) is 3.18. The summed E-state index contributed by atoms with van der Waals surface area (Å²) in [5, 5.41) is 14.9. The van der Waals surface area contributed by atoms with Crippen LogP contribution in [0.25, 0.3) is 0 Å². The van der Waals surface area contributed by atoms with Crippen molar-refractivity contribution in [1.29, 1.82) is 0 Å². The molecule has 3 N–H and O–H groups in total. The van der Waals surface area contributed by atoms with Crippen LogP contribution in [-0.4, -0.2) is 26.1 Å². The van der Waals surface area contributed by atoms with Crippen LogP contribution >= 0.6 is 11.6 Å². The number of carbonyl (C=O) groups is 1. The van der Waals surface area contributed by atoms with E-state index in [9.17, 15) is 4.79 Å². The number of nitrogens with zero attached hydrogens (tertiary/aromatic N) is 4. The molecule has 1 aromatic heterocycles. The molecule has 2 heterocycles. The molecule has 0 fully saturated rings. The van der Waals surface area contributed by atoms with Crippen LogP contribution in [0, 0.1) is 0 Å². The number of allylic oxidation sites excluding steroid dienone is 1. The molecule has 1 aliphatic heterocycles. The number of nitrogens with one attached hydrogen (secondary N) is 1. The fraction of sp³-hybridized carbons (Fsp3) is 0.167. The molecule has 102 valence electrons. The maximum Gasteiger partial charge on any atom is 0.248 e. The fourth-order valence-electron chi connectivity index (χ4n) is 2.32. The van der Waals surface area contributed by atoms with Crippen LogP contribution in [-0.2, 0) is 4.79 Å². The lowest BCUT2D eigenvalue weighted by Gasteiger charge is -2.27. The van der Waals surface area contributed by atoms with Crippen LogP contribution in [0.1, 0.15) is 18.5 Å². The lowest BCUT2D eigenvalue weighted by molar-refractivity contribution is -0.115. The maximum absolute atomic E-state index is 11.8. The molecule has 0 spiro atoms. The van der Waals surface area contributed by atoms with Gasteiger partial charge in [-0.1, -0.05) is 34.9 Å². The van der Waals surface area contributed by atoms with E-state index in [0.29, 0.717) is 22.2 Å². The highest BCUT2D eigenvalue weighted by atomic mass is 35.5. The Hall–Kier alpha value is -2.41. The highest BCUT2D eigenvalue weighted by Gasteiger charge is 2.33. The van der Waals surface area contributed by atoms with Crippen molar-refractivity contribution in [2.75, 3.05) is 5.32 Å². The van der Waals surface area contributed by atoms with E-state index >= 15 is 0 Å². The summed E-state index contributed by atoms with van der Waals surface area (Å²) in [7, 11) is 0. The molecule has 8 heteroatoms. The number of fused-ring (bicyclic) bond motifs is 1. The molecule has 0 saturated heterocycles. The fourth-order valence-corrected chi connectivity index (χ4v) is 2.55. The minimum Gasteiger partial charge on any atom is -0.366 e. The van der Waals surface area contributed by atoms with Gasteiger partial charge in [0.25, 0.3) is 0 Å². The number of halogens is 1. The molecule has 1 amide bonds. The molecule has 7 nitrogen and oxygen atoms in total. The Bertz CT molecular complexity index is 722. The van der Waals surface area contributed by atoms with E-state index in [-0.39, 0.29) is 0 Å². The van der Waals surface area contributed by atoms with Gasteiger partial charge in [0.05, 0.1) is 5.57 Å². The molecule has 0 bridgehead atoms. The number of benzene rings is 1. The van der Waals surface area contributed by atoms with Crippen molar-refractivity contribution < 1.29 is 4.79 Å². The summed E-state index contributed by atoms with van der Waals surface area (Å²) < 4.78 is 1.49. The van der Waals surface area contributed by atoms with Crippen molar-refractivity contribution in [1.82, 2.24) is 20.2 Å². The predicted octanol–water partition coefficient (Wildman–Crippen LogP) is 1.10. The Kier molecular flexibility index (Phi) is 2.90. The number of primary amides is 1. The van der Waals surface area contributed by atoms with Gasteiger partial charge in [-0.15, -0.1) is 0 Å². The first-order valence-corrected chi connectivity index (χ1v) is 6.27. The maximum atomic E-state index is 11.8. The van der Waals surface area contributed by atoms with Crippen molar-refractivity contribution in [2.45, 2.75) is 13.0 Å².